The summed E-state index contributed by atoms with van der Waals surface area (Å²) in [4.78, 5) is 21.3. The van der Waals surface area contributed by atoms with Gasteiger partial charge in [-0.1, -0.05) is 56.3 Å². The Bertz CT molecular complexity index is 958. The van der Waals surface area contributed by atoms with Gasteiger partial charge in [0.15, 0.2) is 0 Å². The van der Waals surface area contributed by atoms with Crippen molar-refractivity contribution in [3.8, 4) is 11.3 Å². The standard InChI is InChI=1S/C23H26N4O2/c1-16(2)13-14-24-23-26-20(17-9-5-4-6-10-17)15-21(27-23)25-19-12-8-7-11-18(19)22(28)29-3/h4-12,15-16H,13-14H2,1-3H3,(H2,24,25,26,27). The topological polar surface area (TPSA) is 76.1 Å². The second kappa shape index (κ2) is 9.68. The van der Waals surface area contributed by atoms with Crippen molar-refractivity contribution in [3.63, 3.8) is 0 Å². The lowest BCUT2D eigenvalue weighted by Crippen LogP contribution is -2.10. The molecule has 0 saturated heterocycles. The molecule has 2 N–H and O–H groups in total. The average Bonchev–Trinajstić information content (AvgIpc) is 2.74. The predicted molar refractivity (Wildman–Crippen MR) is 116 cm³/mol. The molecule has 0 aliphatic carbocycles. The Labute approximate surface area is 171 Å². The molecule has 150 valence electrons. The van der Waals surface area contributed by atoms with Crippen LogP contribution in [0.25, 0.3) is 11.3 Å². The molecule has 3 rings (SSSR count). The van der Waals surface area contributed by atoms with Gasteiger partial charge in [0, 0.05) is 18.2 Å². The van der Waals surface area contributed by atoms with Crippen LogP contribution < -0.4 is 10.6 Å². The van der Waals surface area contributed by atoms with E-state index in [1.165, 1.54) is 7.11 Å². The summed E-state index contributed by atoms with van der Waals surface area (Å²) in [7, 11) is 1.37. The second-order valence-electron chi connectivity index (χ2n) is 7.10. The fourth-order valence-electron chi connectivity index (χ4n) is 2.84. The lowest BCUT2D eigenvalue weighted by Gasteiger charge is -2.14. The molecule has 0 fully saturated rings. The van der Waals surface area contributed by atoms with Gasteiger partial charge in [0.05, 0.1) is 24.1 Å². The van der Waals surface area contributed by atoms with Crippen LogP contribution in [-0.4, -0.2) is 29.6 Å². The Morgan fingerprint density at radius 3 is 2.48 bits per heavy atom. The first kappa shape index (κ1) is 20.3. The predicted octanol–water partition coefficient (Wildman–Crippen LogP) is 5.13. The van der Waals surface area contributed by atoms with Gasteiger partial charge in [-0.15, -0.1) is 0 Å². The van der Waals surface area contributed by atoms with Crippen molar-refractivity contribution in [1.82, 2.24) is 9.97 Å². The Hall–Kier alpha value is -3.41. The van der Waals surface area contributed by atoms with Crippen LogP contribution in [0.4, 0.5) is 17.5 Å². The Kier molecular flexibility index (Phi) is 6.79. The number of hydrogen-bond donors (Lipinski definition) is 2. The van der Waals surface area contributed by atoms with Gasteiger partial charge in [-0.3, -0.25) is 0 Å². The number of nitrogens with zero attached hydrogens (tertiary/aromatic N) is 2. The van der Waals surface area contributed by atoms with Gasteiger partial charge in [-0.2, -0.15) is 4.98 Å². The highest BCUT2D eigenvalue weighted by atomic mass is 16.5. The Morgan fingerprint density at radius 1 is 1.03 bits per heavy atom. The number of nitrogens with one attached hydrogen (secondary N) is 2. The highest BCUT2D eigenvalue weighted by Gasteiger charge is 2.13. The van der Waals surface area contributed by atoms with E-state index in [0.717, 1.165) is 24.2 Å². The van der Waals surface area contributed by atoms with Crippen LogP contribution in [0.2, 0.25) is 0 Å². The number of carbonyl (C=O) groups excluding carboxylic acids is 1. The summed E-state index contributed by atoms with van der Waals surface area (Å²) in [6, 6.07) is 19.0. The summed E-state index contributed by atoms with van der Waals surface area (Å²) in [5.41, 5.74) is 2.87. The summed E-state index contributed by atoms with van der Waals surface area (Å²) in [6.45, 7) is 5.15. The van der Waals surface area contributed by atoms with Crippen LogP contribution >= 0.6 is 0 Å². The number of ether oxygens (including phenoxy) is 1. The fraction of sp³-hybridized carbons (Fsp3) is 0.261. The highest BCUT2D eigenvalue weighted by Crippen LogP contribution is 2.25. The quantitative estimate of drug-likeness (QED) is 0.519. The second-order valence-corrected chi connectivity index (χ2v) is 7.10. The summed E-state index contributed by atoms with van der Waals surface area (Å²) >= 11 is 0. The number of carbonyl (C=O) groups is 1. The molecule has 0 amide bonds. The van der Waals surface area contributed by atoms with Crippen molar-refractivity contribution in [3.05, 3.63) is 66.2 Å². The molecule has 0 saturated carbocycles. The Morgan fingerprint density at radius 2 is 1.76 bits per heavy atom. The molecule has 6 nitrogen and oxygen atoms in total. The molecule has 6 heteroatoms. The molecular formula is C23H26N4O2. The zero-order chi connectivity index (χ0) is 20.6. The monoisotopic (exact) mass is 390 g/mol. The normalized spacial score (nSPS) is 10.6. The van der Waals surface area contributed by atoms with Crippen LogP contribution in [0.3, 0.4) is 0 Å². The third-order valence-corrected chi connectivity index (χ3v) is 4.40. The van der Waals surface area contributed by atoms with E-state index in [-0.39, 0.29) is 0 Å². The maximum Gasteiger partial charge on any atom is 0.339 e. The third kappa shape index (κ3) is 5.54. The van der Waals surface area contributed by atoms with Crippen molar-refractivity contribution in [2.24, 2.45) is 5.92 Å². The number of hydrogen-bond acceptors (Lipinski definition) is 6. The molecule has 0 aliphatic rings. The van der Waals surface area contributed by atoms with Gasteiger partial charge in [0.1, 0.15) is 5.82 Å². The lowest BCUT2D eigenvalue weighted by atomic mass is 10.1. The maximum atomic E-state index is 12.1. The van der Waals surface area contributed by atoms with Crippen LogP contribution in [0.15, 0.2) is 60.7 Å². The van der Waals surface area contributed by atoms with E-state index in [1.54, 1.807) is 12.1 Å². The third-order valence-electron chi connectivity index (χ3n) is 4.40. The van der Waals surface area contributed by atoms with Crippen molar-refractivity contribution < 1.29 is 9.53 Å². The van der Waals surface area contributed by atoms with E-state index in [4.69, 9.17) is 4.74 Å². The molecule has 0 bridgehead atoms. The molecule has 0 spiro atoms. The minimum Gasteiger partial charge on any atom is -0.465 e. The number of rotatable bonds is 8. The minimum atomic E-state index is -0.402. The largest absolute Gasteiger partial charge is 0.465 e. The van der Waals surface area contributed by atoms with Gasteiger partial charge >= 0.3 is 5.97 Å². The first-order valence-corrected chi connectivity index (χ1v) is 9.69. The molecule has 29 heavy (non-hydrogen) atoms. The van der Waals surface area contributed by atoms with Gasteiger partial charge in [-0.25, -0.2) is 9.78 Å². The van der Waals surface area contributed by atoms with Crippen molar-refractivity contribution >= 4 is 23.4 Å². The number of aromatic nitrogens is 2. The average molecular weight is 390 g/mol. The van der Waals surface area contributed by atoms with Crippen LogP contribution in [0.5, 0.6) is 0 Å². The number of anilines is 3. The fourth-order valence-corrected chi connectivity index (χ4v) is 2.84. The SMILES string of the molecule is COC(=O)c1ccccc1Nc1cc(-c2ccccc2)nc(NCCC(C)C)n1. The minimum absolute atomic E-state index is 0.402. The van der Waals surface area contributed by atoms with E-state index in [0.29, 0.717) is 28.9 Å². The van der Waals surface area contributed by atoms with Crippen molar-refractivity contribution in [2.75, 3.05) is 24.3 Å². The molecule has 0 radical (unpaired) electrons. The number of methoxy groups -OCH3 is 1. The first-order valence-electron chi connectivity index (χ1n) is 9.69. The summed E-state index contributed by atoms with van der Waals surface area (Å²) < 4.78 is 4.88. The molecule has 2 aromatic carbocycles. The van der Waals surface area contributed by atoms with E-state index >= 15 is 0 Å². The molecular weight excluding hydrogens is 364 g/mol. The van der Waals surface area contributed by atoms with E-state index < -0.39 is 5.97 Å². The maximum absolute atomic E-state index is 12.1. The highest BCUT2D eigenvalue weighted by molar-refractivity contribution is 5.96. The van der Waals surface area contributed by atoms with Crippen molar-refractivity contribution in [1.29, 1.82) is 0 Å². The summed E-state index contributed by atoms with van der Waals surface area (Å²) in [6.07, 6.45) is 1.02. The lowest BCUT2D eigenvalue weighted by molar-refractivity contribution is 0.0602. The molecule has 1 heterocycles. The summed E-state index contributed by atoms with van der Waals surface area (Å²) in [5.74, 6) is 1.33. The van der Waals surface area contributed by atoms with E-state index in [1.807, 2.05) is 48.5 Å². The zero-order valence-electron chi connectivity index (χ0n) is 17.0. The van der Waals surface area contributed by atoms with E-state index in [2.05, 4.69) is 34.4 Å². The number of para-hydroxylation sites is 1. The summed E-state index contributed by atoms with van der Waals surface area (Å²) in [5, 5.41) is 6.55. The molecule has 0 unspecified atom stereocenters. The van der Waals surface area contributed by atoms with Crippen LogP contribution in [0, 0.1) is 5.92 Å². The smallest absolute Gasteiger partial charge is 0.339 e. The Balaban J connectivity index is 1.94. The zero-order valence-corrected chi connectivity index (χ0v) is 17.0. The number of benzene rings is 2. The van der Waals surface area contributed by atoms with Gasteiger partial charge in [0.2, 0.25) is 5.95 Å². The van der Waals surface area contributed by atoms with E-state index in [9.17, 15) is 4.79 Å². The van der Waals surface area contributed by atoms with Gasteiger partial charge in [-0.05, 0) is 24.5 Å². The first-order chi connectivity index (χ1) is 14.1. The number of esters is 1. The molecule has 1 aromatic heterocycles. The molecule has 0 aliphatic heterocycles. The molecule has 0 atom stereocenters. The van der Waals surface area contributed by atoms with Gasteiger partial charge < -0.3 is 15.4 Å². The molecule has 3 aromatic rings. The van der Waals surface area contributed by atoms with Gasteiger partial charge in [0.25, 0.3) is 0 Å². The van der Waals surface area contributed by atoms with Crippen molar-refractivity contribution in [2.45, 2.75) is 20.3 Å². The van der Waals surface area contributed by atoms with Crippen LogP contribution in [-0.2, 0) is 4.74 Å². The van der Waals surface area contributed by atoms with Crippen LogP contribution in [0.1, 0.15) is 30.6 Å².